The molecule has 134 valence electrons. The van der Waals surface area contributed by atoms with Gasteiger partial charge in [0, 0.05) is 29.9 Å². The van der Waals surface area contributed by atoms with Gasteiger partial charge in [-0.2, -0.15) is 0 Å². The third kappa shape index (κ3) is 4.68. The van der Waals surface area contributed by atoms with Crippen molar-refractivity contribution in [3.8, 4) is 0 Å². The molecule has 25 heavy (non-hydrogen) atoms. The van der Waals surface area contributed by atoms with Crippen LogP contribution in [0.25, 0.3) is 0 Å². The number of aromatic nitrogens is 2. The Labute approximate surface area is 153 Å². The Balaban J connectivity index is 1.75. The molecule has 1 aromatic heterocycles. The quantitative estimate of drug-likeness (QED) is 0.863. The number of anilines is 1. The van der Waals surface area contributed by atoms with Crippen molar-refractivity contribution in [1.82, 2.24) is 14.7 Å². The molecule has 0 bridgehead atoms. The number of hydrogen-bond donors (Lipinski definition) is 1. The van der Waals surface area contributed by atoms with Crippen LogP contribution < -0.4 is 9.62 Å². The molecule has 2 aromatic rings. The van der Waals surface area contributed by atoms with Crippen LogP contribution in [0.5, 0.6) is 0 Å². The van der Waals surface area contributed by atoms with Gasteiger partial charge in [0.05, 0.1) is 11.4 Å². The second kappa shape index (κ2) is 7.68. The van der Waals surface area contributed by atoms with Gasteiger partial charge < -0.3 is 4.90 Å². The van der Waals surface area contributed by atoms with Gasteiger partial charge in [-0.15, -0.1) is 0 Å². The normalized spacial score (nSPS) is 15.4. The fourth-order valence-corrected chi connectivity index (χ4v) is 4.13. The summed E-state index contributed by atoms with van der Waals surface area (Å²) >= 11 is 5.87. The predicted octanol–water partition coefficient (Wildman–Crippen LogP) is 2.91. The zero-order chi connectivity index (χ0) is 17.9. The fourth-order valence-electron chi connectivity index (χ4n) is 2.85. The number of halogens is 1. The molecule has 0 radical (unpaired) electrons. The van der Waals surface area contributed by atoms with Crippen molar-refractivity contribution < 1.29 is 8.42 Å². The molecule has 0 saturated carbocycles. The van der Waals surface area contributed by atoms with E-state index in [1.165, 1.54) is 18.6 Å². The lowest BCUT2D eigenvalue weighted by molar-refractivity contribution is 0.569. The smallest absolute Gasteiger partial charge is 0.241 e. The summed E-state index contributed by atoms with van der Waals surface area (Å²) in [4.78, 5) is 11.2. The van der Waals surface area contributed by atoms with E-state index in [0.717, 1.165) is 37.4 Å². The van der Waals surface area contributed by atoms with Crippen molar-refractivity contribution in [2.75, 3.05) is 18.0 Å². The van der Waals surface area contributed by atoms with Crippen LogP contribution in [0.4, 0.5) is 5.82 Å². The Bertz CT molecular complexity index is 851. The SMILES string of the molecule is Cc1cc(N2CCCCC2)nc(CNS(=O)(=O)c2cccc(Cl)c2)n1. The van der Waals surface area contributed by atoms with E-state index in [9.17, 15) is 8.42 Å². The van der Waals surface area contributed by atoms with E-state index in [1.807, 2.05) is 13.0 Å². The van der Waals surface area contributed by atoms with Crippen molar-refractivity contribution in [3.63, 3.8) is 0 Å². The highest BCUT2D eigenvalue weighted by Crippen LogP contribution is 2.19. The Morgan fingerprint density at radius 3 is 2.64 bits per heavy atom. The number of aryl methyl sites for hydroxylation is 1. The number of rotatable bonds is 5. The Kier molecular flexibility index (Phi) is 5.56. The molecule has 0 amide bonds. The maximum absolute atomic E-state index is 12.4. The van der Waals surface area contributed by atoms with Crippen molar-refractivity contribution in [2.24, 2.45) is 0 Å². The summed E-state index contributed by atoms with van der Waals surface area (Å²) in [6.07, 6.45) is 3.55. The van der Waals surface area contributed by atoms with Crippen molar-refractivity contribution >= 4 is 27.4 Å². The standard InChI is InChI=1S/C17H21ClN4O2S/c1-13-10-17(22-8-3-2-4-9-22)21-16(20-13)12-19-25(23,24)15-7-5-6-14(18)11-15/h5-7,10-11,19H,2-4,8-9,12H2,1H3. The molecule has 3 rings (SSSR count). The van der Waals surface area contributed by atoms with Crippen LogP contribution in [-0.2, 0) is 16.6 Å². The van der Waals surface area contributed by atoms with E-state index in [0.29, 0.717) is 10.8 Å². The highest BCUT2D eigenvalue weighted by atomic mass is 35.5. The van der Waals surface area contributed by atoms with Crippen LogP contribution in [0.2, 0.25) is 5.02 Å². The number of sulfonamides is 1. The summed E-state index contributed by atoms with van der Waals surface area (Å²) in [6.45, 7) is 3.88. The lowest BCUT2D eigenvalue weighted by atomic mass is 10.1. The van der Waals surface area contributed by atoms with Crippen LogP contribution in [0, 0.1) is 6.92 Å². The minimum atomic E-state index is -3.66. The van der Waals surface area contributed by atoms with E-state index < -0.39 is 10.0 Å². The third-order valence-electron chi connectivity index (χ3n) is 4.09. The highest BCUT2D eigenvalue weighted by Gasteiger charge is 2.17. The maximum Gasteiger partial charge on any atom is 0.241 e. The van der Waals surface area contributed by atoms with Gasteiger partial charge in [0.2, 0.25) is 10.0 Å². The Morgan fingerprint density at radius 1 is 1.16 bits per heavy atom. The van der Waals surface area contributed by atoms with Gasteiger partial charge in [0.15, 0.2) is 0 Å². The van der Waals surface area contributed by atoms with Crippen LogP contribution in [0.1, 0.15) is 30.8 Å². The van der Waals surface area contributed by atoms with Crippen molar-refractivity contribution in [3.05, 3.63) is 46.9 Å². The molecule has 6 nitrogen and oxygen atoms in total. The van der Waals surface area contributed by atoms with E-state index in [4.69, 9.17) is 11.6 Å². The van der Waals surface area contributed by atoms with Crippen LogP contribution in [0.3, 0.4) is 0 Å². The van der Waals surface area contributed by atoms with Crippen molar-refractivity contribution in [1.29, 1.82) is 0 Å². The van der Waals surface area contributed by atoms with E-state index in [2.05, 4.69) is 19.6 Å². The van der Waals surface area contributed by atoms with Gasteiger partial charge in [-0.1, -0.05) is 17.7 Å². The first-order valence-corrected chi connectivity index (χ1v) is 10.1. The zero-order valence-corrected chi connectivity index (χ0v) is 15.6. The van der Waals surface area contributed by atoms with E-state index in [-0.39, 0.29) is 11.4 Å². The molecule has 8 heteroatoms. The van der Waals surface area contributed by atoms with Gasteiger partial charge in [-0.25, -0.2) is 23.1 Å². The first-order valence-electron chi connectivity index (χ1n) is 8.29. The Morgan fingerprint density at radius 2 is 1.92 bits per heavy atom. The molecule has 2 heterocycles. The lowest BCUT2D eigenvalue weighted by Gasteiger charge is -2.28. The van der Waals surface area contributed by atoms with Gasteiger partial charge >= 0.3 is 0 Å². The van der Waals surface area contributed by atoms with Gasteiger partial charge in [-0.3, -0.25) is 0 Å². The largest absolute Gasteiger partial charge is 0.357 e. The summed E-state index contributed by atoms with van der Waals surface area (Å²) in [6, 6.07) is 8.11. The summed E-state index contributed by atoms with van der Waals surface area (Å²) in [5, 5.41) is 0.377. The lowest BCUT2D eigenvalue weighted by Crippen LogP contribution is -2.31. The molecule has 0 atom stereocenters. The number of nitrogens with one attached hydrogen (secondary N) is 1. The van der Waals surface area contributed by atoms with Crippen LogP contribution in [-0.4, -0.2) is 31.5 Å². The zero-order valence-electron chi connectivity index (χ0n) is 14.1. The van der Waals surface area contributed by atoms with Gasteiger partial charge in [-0.05, 0) is 44.4 Å². The minimum absolute atomic E-state index is 0.0391. The molecule has 1 N–H and O–H groups in total. The summed E-state index contributed by atoms with van der Waals surface area (Å²) in [5.41, 5.74) is 0.826. The molecule has 1 aromatic carbocycles. The topological polar surface area (TPSA) is 75.2 Å². The number of benzene rings is 1. The predicted molar refractivity (Wildman–Crippen MR) is 98.3 cm³/mol. The molecule has 1 fully saturated rings. The Hall–Kier alpha value is -1.70. The van der Waals surface area contributed by atoms with Crippen LogP contribution >= 0.6 is 11.6 Å². The molecule has 1 saturated heterocycles. The number of piperidine rings is 1. The van der Waals surface area contributed by atoms with Gasteiger partial charge in [0.1, 0.15) is 11.6 Å². The third-order valence-corrected chi connectivity index (χ3v) is 5.73. The number of hydrogen-bond acceptors (Lipinski definition) is 5. The molecule has 0 aliphatic carbocycles. The minimum Gasteiger partial charge on any atom is -0.357 e. The molecule has 0 spiro atoms. The maximum atomic E-state index is 12.4. The second-order valence-corrected chi connectivity index (χ2v) is 8.32. The average Bonchev–Trinajstić information content (AvgIpc) is 2.60. The molecular weight excluding hydrogens is 360 g/mol. The first kappa shape index (κ1) is 18.1. The van der Waals surface area contributed by atoms with Crippen LogP contribution in [0.15, 0.2) is 35.2 Å². The summed E-state index contributed by atoms with van der Waals surface area (Å²) in [7, 11) is -3.66. The molecule has 1 aliphatic rings. The second-order valence-electron chi connectivity index (χ2n) is 6.11. The molecule has 1 aliphatic heterocycles. The van der Waals surface area contributed by atoms with E-state index in [1.54, 1.807) is 12.1 Å². The summed E-state index contributed by atoms with van der Waals surface area (Å²) < 4.78 is 27.3. The van der Waals surface area contributed by atoms with Gasteiger partial charge in [0.25, 0.3) is 0 Å². The highest BCUT2D eigenvalue weighted by molar-refractivity contribution is 7.89. The van der Waals surface area contributed by atoms with Crippen molar-refractivity contribution in [2.45, 2.75) is 37.6 Å². The average molecular weight is 381 g/mol. The van der Waals surface area contributed by atoms with E-state index >= 15 is 0 Å². The molecule has 0 unspecified atom stereocenters. The fraction of sp³-hybridized carbons (Fsp3) is 0.412. The number of nitrogens with zero attached hydrogens (tertiary/aromatic N) is 3. The summed E-state index contributed by atoms with van der Waals surface area (Å²) in [5.74, 6) is 1.33. The monoisotopic (exact) mass is 380 g/mol. The molecular formula is C17H21ClN4O2S. The first-order chi connectivity index (χ1) is 11.9.